The van der Waals surface area contributed by atoms with Crippen LogP contribution in [0.4, 0.5) is 0 Å². The summed E-state index contributed by atoms with van der Waals surface area (Å²) in [4.78, 5) is 27.1. The van der Waals surface area contributed by atoms with E-state index in [1.54, 1.807) is 0 Å². The van der Waals surface area contributed by atoms with Crippen LogP contribution in [0.25, 0.3) is 22.3 Å². The highest BCUT2D eigenvalue weighted by atomic mass is 16.5. The minimum absolute atomic E-state index is 0.128. The number of benzene rings is 4. The van der Waals surface area contributed by atoms with E-state index < -0.39 is 0 Å². The minimum Gasteiger partial charge on any atom is -0.465 e. The van der Waals surface area contributed by atoms with Crippen LogP contribution in [0.2, 0.25) is 0 Å². The van der Waals surface area contributed by atoms with E-state index in [1.807, 2.05) is 13.8 Å². The molecule has 57 heavy (non-hydrogen) atoms. The molecule has 4 aromatic carbocycles. The summed E-state index contributed by atoms with van der Waals surface area (Å²) in [6.07, 6.45) is 10.9. The van der Waals surface area contributed by atoms with Crippen molar-refractivity contribution in [1.82, 2.24) is 0 Å². The Labute approximate surface area is 340 Å². The van der Waals surface area contributed by atoms with Crippen LogP contribution >= 0.6 is 0 Å². The van der Waals surface area contributed by atoms with Crippen LogP contribution in [0.5, 0.6) is 0 Å². The van der Waals surface area contributed by atoms with Crippen molar-refractivity contribution in [3.8, 4) is 22.3 Å². The van der Waals surface area contributed by atoms with E-state index in [-0.39, 0.29) is 42.4 Å². The monoisotopic (exact) mass is 770 g/mol. The molecular weight excluding hydrogens is 709 g/mol. The first-order valence-electron chi connectivity index (χ1n) is 21.7. The average Bonchev–Trinajstić information content (AvgIpc) is 3.53. The number of hydrogen-bond acceptors (Lipinski definition) is 6. The number of carbonyl (C=O) groups excluding carboxylic acids is 2. The normalized spacial score (nSPS) is 22.2. The minimum atomic E-state index is -0.382. The summed E-state index contributed by atoms with van der Waals surface area (Å²) >= 11 is 0. The highest BCUT2D eigenvalue weighted by molar-refractivity contribution is 5.82. The molecule has 6 heteroatoms. The van der Waals surface area contributed by atoms with E-state index in [4.69, 9.17) is 9.47 Å². The predicted octanol–water partition coefficient (Wildman–Crippen LogP) is 10.1. The summed E-state index contributed by atoms with van der Waals surface area (Å²) in [7, 11) is 0. The van der Waals surface area contributed by atoms with Crippen molar-refractivity contribution in [3.63, 3.8) is 0 Å². The SMILES string of the molecule is CC(Cc1ccccc1-c1ccccc1CCC1(CC(C)C(=O)OCC2CCC(CO)CC2)c2ccccc2-c2ccccc21)C(=O)OCC1CCC(CO)CC1. The molecule has 302 valence electrons. The molecule has 2 saturated carbocycles. The van der Waals surface area contributed by atoms with Gasteiger partial charge in [0.25, 0.3) is 0 Å². The zero-order chi connectivity index (χ0) is 39.8. The average molecular weight is 771 g/mol. The maximum atomic E-state index is 13.8. The van der Waals surface area contributed by atoms with Crippen LogP contribution < -0.4 is 0 Å². The van der Waals surface area contributed by atoms with Gasteiger partial charge in [0.05, 0.1) is 25.0 Å². The standard InChI is InChI=1S/C51H62O6/c1-35(49(54)56-33-39-23-19-37(31-52)20-24-39)29-42-12-4-6-14-44(42)43-13-5-3-11-41(43)27-28-51(47-17-9-7-15-45(47)46-16-8-10-18-48(46)51)30-36(2)50(55)57-34-40-25-21-38(32-53)22-26-40/h3-18,35-40,52-53H,19-34H2,1-2H3. The van der Waals surface area contributed by atoms with Gasteiger partial charge in [-0.1, -0.05) is 111 Å². The topological polar surface area (TPSA) is 93.1 Å². The molecule has 4 aromatic rings. The Bertz CT molecular complexity index is 1910. The molecule has 0 aromatic heterocycles. The smallest absolute Gasteiger partial charge is 0.308 e. The maximum Gasteiger partial charge on any atom is 0.308 e. The summed E-state index contributed by atoms with van der Waals surface area (Å²) in [5, 5.41) is 19.1. The number of esters is 2. The number of fused-ring (bicyclic) bond motifs is 3. The molecule has 6 nitrogen and oxygen atoms in total. The molecule has 2 unspecified atom stereocenters. The van der Waals surface area contributed by atoms with Crippen LogP contribution in [-0.4, -0.2) is 48.6 Å². The van der Waals surface area contributed by atoms with E-state index in [1.165, 1.54) is 33.4 Å². The molecule has 0 aliphatic heterocycles. The number of aliphatic hydroxyl groups is 2. The molecule has 0 bridgehead atoms. The number of ether oxygens (including phenoxy) is 2. The number of aliphatic hydroxyl groups excluding tert-OH is 2. The zero-order valence-corrected chi connectivity index (χ0v) is 34.0. The fraction of sp³-hybridized carbons (Fsp3) is 0.490. The second kappa shape index (κ2) is 19.0. The predicted molar refractivity (Wildman–Crippen MR) is 226 cm³/mol. The maximum absolute atomic E-state index is 13.8. The Hall–Kier alpha value is -4.26. The molecule has 0 radical (unpaired) electrons. The van der Waals surface area contributed by atoms with Crippen molar-refractivity contribution in [2.75, 3.05) is 26.4 Å². The van der Waals surface area contributed by atoms with Crippen molar-refractivity contribution in [1.29, 1.82) is 0 Å². The van der Waals surface area contributed by atoms with Crippen LogP contribution in [0.1, 0.15) is 100 Å². The van der Waals surface area contributed by atoms with Crippen LogP contribution in [0, 0.1) is 35.5 Å². The first-order valence-corrected chi connectivity index (χ1v) is 21.7. The van der Waals surface area contributed by atoms with E-state index in [9.17, 15) is 19.8 Å². The molecule has 0 heterocycles. The van der Waals surface area contributed by atoms with E-state index >= 15 is 0 Å². The lowest BCUT2D eigenvalue weighted by Gasteiger charge is -2.35. The van der Waals surface area contributed by atoms with E-state index in [0.717, 1.165) is 75.3 Å². The number of aryl methyl sites for hydroxylation is 1. The van der Waals surface area contributed by atoms with Gasteiger partial charge < -0.3 is 19.7 Å². The molecule has 2 atom stereocenters. The number of hydrogen-bond donors (Lipinski definition) is 2. The summed E-state index contributed by atoms with van der Waals surface area (Å²) in [6.45, 7) is 5.42. The second-order valence-electron chi connectivity index (χ2n) is 17.6. The number of carbonyl (C=O) groups is 2. The lowest BCUT2D eigenvalue weighted by molar-refractivity contribution is -0.151. The van der Waals surface area contributed by atoms with Gasteiger partial charge in [-0.15, -0.1) is 0 Å². The fourth-order valence-corrected chi connectivity index (χ4v) is 10.2. The van der Waals surface area contributed by atoms with Gasteiger partial charge in [-0.3, -0.25) is 9.59 Å². The number of rotatable bonds is 16. The van der Waals surface area contributed by atoms with Crippen molar-refractivity contribution in [3.05, 3.63) is 119 Å². The van der Waals surface area contributed by atoms with Gasteiger partial charge in [-0.2, -0.15) is 0 Å². The molecule has 0 saturated heterocycles. The van der Waals surface area contributed by atoms with Crippen LogP contribution in [0.15, 0.2) is 97.1 Å². The quantitative estimate of drug-likeness (QED) is 0.110. The molecule has 3 aliphatic rings. The second-order valence-corrected chi connectivity index (χ2v) is 17.6. The van der Waals surface area contributed by atoms with Crippen molar-refractivity contribution >= 4 is 11.9 Å². The zero-order valence-electron chi connectivity index (χ0n) is 34.0. The van der Waals surface area contributed by atoms with Crippen molar-refractivity contribution in [2.45, 2.75) is 96.3 Å². The third-order valence-electron chi connectivity index (χ3n) is 13.7. The molecule has 3 aliphatic carbocycles. The Kier molecular flexibility index (Phi) is 13.6. The summed E-state index contributed by atoms with van der Waals surface area (Å²) < 4.78 is 11.9. The molecular formula is C51H62O6. The molecule has 7 rings (SSSR count). The largest absolute Gasteiger partial charge is 0.465 e. The highest BCUT2D eigenvalue weighted by Crippen LogP contribution is 2.54. The Morgan fingerprint density at radius 2 is 0.965 bits per heavy atom. The lowest BCUT2D eigenvalue weighted by Crippen LogP contribution is -2.32. The first kappa shape index (κ1) is 40.9. The van der Waals surface area contributed by atoms with Crippen molar-refractivity contribution in [2.24, 2.45) is 35.5 Å². The summed E-state index contributed by atoms with van der Waals surface area (Å²) in [6, 6.07) is 34.6. The molecule has 0 spiro atoms. The Morgan fingerprint density at radius 1 is 0.561 bits per heavy atom. The van der Waals surface area contributed by atoms with Gasteiger partial charge in [-0.05, 0) is 145 Å². The van der Waals surface area contributed by atoms with Gasteiger partial charge in [-0.25, -0.2) is 0 Å². The van der Waals surface area contributed by atoms with Crippen molar-refractivity contribution < 1.29 is 29.3 Å². The van der Waals surface area contributed by atoms with Crippen LogP contribution in [-0.2, 0) is 37.3 Å². The molecule has 2 N–H and O–H groups in total. The van der Waals surface area contributed by atoms with E-state index in [0.29, 0.717) is 49.7 Å². The van der Waals surface area contributed by atoms with Gasteiger partial charge >= 0.3 is 11.9 Å². The Morgan fingerprint density at radius 3 is 1.47 bits per heavy atom. The molecule has 0 amide bonds. The van der Waals surface area contributed by atoms with Gasteiger partial charge in [0.2, 0.25) is 0 Å². The third kappa shape index (κ3) is 9.39. The highest BCUT2D eigenvalue weighted by Gasteiger charge is 2.44. The third-order valence-corrected chi connectivity index (χ3v) is 13.7. The van der Waals surface area contributed by atoms with E-state index in [2.05, 4.69) is 97.1 Å². The summed E-state index contributed by atoms with van der Waals surface area (Å²) in [5.41, 5.74) is 9.35. The summed E-state index contributed by atoms with van der Waals surface area (Å²) in [5.74, 6) is 0.647. The first-order chi connectivity index (χ1) is 27.8. The molecule has 2 fully saturated rings. The fourth-order valence-electron chi connectivity index (χ4n) is 10.2. The van der Waals surface area contributed by atoms with Gasteiger partial charge in [0, 0.05) is 18.6 Å². The Balaban J connectivity index is 1.09. The van der Waals surface area contributed by atoms with Gasteiger partial charge in [0.15, 0.2) is 0 Å². The lowest BCUT2D eigenvalue weighted by atomic mass is 9.68. The van der Waals surface area contributed by atoms with Gasteiger partial charge in [0.1, 0.15) is 0 Å². The van der Waals surface area contributed by atoms with Crippen LogP contribution in [0.3, 0.4) is 0 Å².